The largest absolute Gasteiger partial charge is 1.00 e. The SMILES string of the molecule is CCOC(=O)c1ccc(O)c(OCC[N+](C)(C)C)c1.[Cl-]. The van der Waals surface area contributed by atoms with Crippen LogP contribution in [-0.4, -0.2) is 56.5 Å². The van der Waals surface area contributed by atoms with E-state index in [0.29, 0.717) is 24.5 Å². The van der Waals surface area contributed by atoms with Crippen molar-refractivity contribution in [1.82, 2.24) is 0 Å². The molecule has 0 radical (unpaired) electrons. The van der Waals surface area contributed by atoms with Gasteiger partial charge < -0.3 is 31.5 Å². The van der Waals surface area contributed by atoms with Gasteiger partial charge in [0.2, 0.25) is 0 Å². The molecule has 6 heteroatoms. The van der Waals surface area contributed by atoms with Crippen molar-refractivity contribution in [2.75, 3.05) is 40.9 Å². The Balaban J connectivity index is 0.00000361. The predicted octanol–water partition coefficient (Wildman–Crippen LogP) is -1.34. The van der Waals surface area contributed by atoms with Crippen molar-refractivity contribution >= 4 is 5.97 Å². The Kier molecular flexibility index (Phi) is 7.39. The number of carbonyl (C=O) groups is 1. The molecule has 0 bridgehead atoms. The highest BCUT2D eigenvalue weighted by atomic mass is 35.5. The van der Waals surface area contributed by atoms with Gasteiger partial charge in [-0.15, -0.1) is 0 Å². The summed E-state index contributed by atoms with van der Waals surface area (Å²) in [6, 6.07) is 4.45. The van der Waals surface area contributed by atoms with E-state index in [4.69, 9.17) is 9.47 Å². The molecule has 0 amide bonds. The molecule has 1 N–H and O–H groups in total. The molecule has 0 saturated carbocycles. The maximum atomic E-state index is 11.6. The summed E-state index contributed by atoms with van der Waals surface area (Å²) in [4.78, 5) is 11.6. The number of esters is 1. The fourth-order valence-corrected chi connectivity index (χ4v) is 1.40. The monoisotopic (exact) mass is 303 g/mol. The molecule has 0 aromatic heterocycles. The Morgan fingerprint density at radius 1 is 1.30 bits per heavy atom. The number of quaternary nitrogens is 1. The van der Waals surface area contributed by atoms with Gasteiger partial charge in [-0.3, -0.25) is 0 Å². The number of nitrogens with zero attached hydrogens (tertiary/aromatic N) is 1. The predicted molar refractivity (Wildman–Crippen MR) is 72.5 cm³/mol. The zero-order chi connectivity index (χ0) is 14.5. The lowest BCUT2D eigenvalue weighted by atomic mass is 10.2. The first-order chi connectivity index (χ1) is 8.83. The fraction of sp³-hybridized carbons (Fsp3) is 0.500. The van der Waals surface area contributed by atoms with Crippen LogP contribution in [0.5, 0.6) is 11.5 Å². The minimum atomic E-state index is -0.418. The number of phenols is 1. The average molecular weight is 304 g/mol. The van der Waals surface area contributed by atoms with E-state index < -0.39 is 5.97 Å². The van der Waals surface area contributed by atoms with Gasteiger partial charge in [-0.1, -0.05) is 0 Å². The summed E-state index contributed by atoms with van der Waals surface area (Å²) < 4.78 is 11.2. The van der Waals surface area contributed by atoms with Crippen LogP contribution in [0.2, 0.25) is 0 Å². The molecular weight excluding hydrogens is 282 g/mol. The zero-order valence-corrected chi connectivity index (χ0v) is 13.1. The van der Waals surface area contributed by atoms with Crippen molar-refractivity contribution < 1.29 is 36.3 Å². The van der Waals surface area contributed by atoms with E-state index in [1.54, 1.807) is 6.92 Å². The first-order valence-corrected chi connectivity index (χ1v) is 6.27. The molecule has 114 valence electrons. The topological polar surface area (TPSA) is 55.8 Å². The van der Waals surface area contributed by atoms with Crippen LogP contribution in [0.15, 0.2) is 18.2 Å². The molecule has 5 nitrogen and oxygen atoms in total. The quantitative estimate of drug-likeness (QED) is 0.522. The smallest absolute Gasteiger partial charge is 0.338 e. The fourth-order valence-electron chi connectivity index (χ4n) is 1.40. The minimum absolute atomic E-state index is 0. The molecule has 20 heavy (non-hydrogen) atoms. The van der Waals surface area contributed by atoms with Crippen molar-refractivity contribution in [2.24, 2.45) is 0 Å². The van der Waals surface area contributed by atoms with E-state index in [2.05, 4.69) is 21.1 Å². The number of benzene rings is 1. The minimum Gasteiger partial charge on any atom is -1.00 e. The Bertz CT molecular complexity index is 443. The molecule has 1 aromatic carbocycles. The second-order valence-electron chi connectivity index (χ2n) is 5.27. The Morgan fingerprint density at radius 3 is 2.50 bits per heavy atom. The van der Waals surface area contributed by atoms with Crippen molar-refractivity contribution in [2.45, 2.75) is 6.92 Å². The summed E-state index contributed by atoms with van der Waals surface area (Å²) in [6.45, 7) is 3.32. The maximum Gasteiger partial charge on any atom is 0.338 e. The molecule has 0 aliphatic heterocycles. The number of hydrogen-bond donors (Lipinski definition) is 1. The molecule has 1 aromatic rings. The van der Waals surface area contributed by atoms with Crippen LogP contribution < -0.4 is 17.1 Å². The Morgan fingerprint density at radius 2 is 1.95 bits per heavy atom. The zero-order valence-electron chi connectivity index (χ0n) is 12.4. The summed E-state index contributed by atoms with van der Waals surface area (Å²) in [5.41, 5.74) is 0.375. The number of likely N-dealkylation sites (N-methyl/N-ethyl adjacent to an activating group) is 1. The number of halogens is 1. The first-order valence-electron chi connectivity index (χ1n) is 6.27. The molecule has 0 unspecified atom stereocenters. The summed E-state index contributed by atoms with van der Waals surface area (Å²) in [5.74, 6) is -0.0904. The van der Waals surface area contributed by atoms with Crippen LogP contribution >= 0.6 is 0 Å². The first kappa shape index (κ1) is 18.5. The lowest BCUT2D eigenvalue weighted by Crippen LogP contribution is -3.00. The lowest BCUT2D eigenvalue weighted by Gasteiger charge is -2.23. The van der Waals surface area contributed by atoms with Crippen LogP contribution in [0, 0.1) is 0 Å². The molecule has 0 spiro atoms. The van der Waals surface area contributed by atoms with E-state index in [1.807, 2.05) is 0 Å². The third kappa shape index (κ3) is 6.12. The van der Waals surface area contributed by atoms with Gasteiger partial charge >= 0.3 is 5.97 Å². The molecule has 0 aliphatic carbocycles. The highest BCUT2D eigenvalue weighted by Crippen LogP contribution is 2.27. The van der Waals surface area contributed by atoms with Gasteiger partial charge in [-0.2, -0.15) is 0 Å². The van der Waals surface area contributed by atoms with E-state index in [-0.39, 0.29) is 18.2 Å². The molecule has 0 heterocycles. The van der Waals surface area contributed by atoms with E-state index in [9.17, 15) is 9.90 Å². The van der Waals surface area contributed by atoms with Crippen LogP contribution in [0.3, 0.4) is 0 Å². The third-order valence-corrected chi connectivity index (χ3v) is 2.49. The molecule has 0 atom stereocenters. The van der Waals surface area contributed by atoms with Crippen LogP contribution in [0.25, 0.3) is 0 Å². The standard InChI is InChI=1S/C14H21NO4.ClH/c1-5-18-14(17)11-6-7-12(16)13(10-11)19-9-8-15(2,3)4;/h6-7,10H,5,8-9H2,1-4H3;1H. The van der Waals surface area contributed by atoms with Gasteiger partial charge in [0.05, 0.1) is 33.3 Å². The highest BCUT2D eigenvalue weighted by Gasteiger charge is 2.12. The number of hydrogen-bond acceptors (Lipinski definition) is 4. The van der Waals surface area contributed by atoms with Crippen LogP contribution in [0.1, 0.15) is 17.3 Å². The second kappa shape index (κ2) is 7.97. The van der Waals surface area contributed by atoms with Gasteiger partial charge in [0, 0.05) is 0 Å². The van der Waals surface area contributed by atoms with Crippen LogP contribution in [-0.2, 0) is 4.74 Å². The maximum absolute atomic E-state index is 11.6. The van der Waals surface area contributed by atoms with Crippen molar-refractivity contribution in [3.05, 3.63) is 23.8 Å². The number of rotatable bonds is 6. The van der Waals surface area contributed by atoms with Crippen molar-refractivity contribution in [3.8, 4) is 11.5 Å². The highest BCUT2D eigenvalue weighted by molar-refractivity contribution is 5.90. The van der Waals surface area contributed by atoms with Crippen molar-refractivity contribution in [1.29, 1.82) is 0 Å². The van der Waals surface area contributed by atoms with E-state index in [0.717, 1.165) is 11.0 Å². The molecular formula is C14H22ClNO4. The number of carbonyl (C=O) groups excluding carboxylic acids is 1. The summed E-state index contributed by atoms with van der Waals surface area (Å²) in [5, 5.41) is 9.69. The molecule has 0 fully saturated rings. The molecule has 1 rings (SSSR count). The third-order valence-electron chi connectivity index (χ3n) is 2.49. The normalized spacial score (nSPS) is 10.6. The Labute approximate surface area is 126 Å². The van der Waals surface area contributed by atoms with E-state index in [1.165, 1.54) is 18.2 Å². The van der Waals surface area contributed by atoms with Gasteiger partial charge in [-0.25, -0.2) is 4.79 Å². The Hall–Kier alpha value is -1.46. The van der Waals surface area contributed by atoms with Crippen molar-refractivity contribution in [3.63, 3.8) is 0 Å². The average Bonchev–Trinajstić information content (AvgIpc) is 2.30. The van der Waals surface area contributed by atoms with Gasteiger partial charge in [0.1, 0.15) is 13.2 Å². The molecule has 0 aliphatic rings. The number of ether oxygens (including phenoxy) is 2. The van der Waals surface area contributed by atoms with Gasteiger partial charge in [-0.05, 0) is 25.1 Å². The lowest BCUT2D eigenvalue weighted by molar-refractivity contribution is -0.870. The second-order valence-corrected chi connectivity index (χ2v) is 5.27. The summed E-state index contributed by atoms with van der Waals surface area (Å²) in [6.07, 6.45) is 0. The molecule has 0 saturated heterocycles. The van der Waals surface area contributed by atoms with Gasteiger partial charge in [0.15, 0.2) is 11.5 Å². The summed E-state index contributed by atoms with van der Waals surface area (Å²) in [7, 11) is 6.16. The number of aromatic hydroxyl groups is 1. The number of phenolic OH excluding ortho intramolecular Hbond substituents is 1. The van der Waals surface area contributed by atoms with Gasteiger partial charge in [0.25, 0.3) is 0 Å². The summed E-state index contributed by atoms with van der Waals surface area (Å²) >= 11 is 0. The van der Waals surface area contributed by atoms with Crippen LogP contribution in [0.4, 0.5) is 0 Å². The van der Waals surface area contributed by atoms with E-state index >= 15 is 0 Å².